The zero-order chi connectivity index (χ0) is 14.7. The van der Waals surface area contributed by atoms with Crippen LogP contribution in [0.1, 0.15) is 32.9 Å². The van der Waals surface area contributed by atoms with E-state index in [0.717, 1.165) is 49.6 Å². The summed E-state index contributed by atoms with van der Waals surface area (Å²) in [6, 6.07) is 0. The van der Waals surface area contributed by atoms with E-state index in [4.69, 9.17) is 10.5 Å². The highest BCUT2D eigenvalue weighted by atomic mass is 16.5. The van der Waals surface area contributed by atoms with E-state index in [0.29, 0.717) is 11.9 Å². The Morgan fingerprint density at radius 2 is 2.10 bits per heavy atom. The molecule has 0 bridgehead atoms. The maximum Gasteiger partial charge on any atom is 0.202 e. The SMILES string of the molecule is CCn1nc(C)c2nc(N)n(CCCOCC(C)C)c21. The first-order valence-electron chi connectivity index (χ1n) is 7.31. The number of aromatic nitrogens is 4. The minimum atomic E-state index is 0.562. The number of hydrogen-bond acceptors (Lipinski definition) is 4. The van der Waals surface area contributed by atoms with Gasteiger partial charge in [0.25, 0.3) is 0 Å². The fraction of sp³-hybridized carbons (Fsp3) is 0.714. The highest BCUT2D eigenvalue weighted by Gasteiger charge is 2.16. The molecule has 0 aliphatic rings. The molecule has 0 saturated heterocycles. The Kier molecular flexibility index (Phi) is 4.65. The van der Waals surface area contributed by atoms with Crippen LogP contribution in [0.15, 0.2) is 0 Å². The Morgan fingerprint density at radius 1 is 1.35 bits per heavy atom. The van der Waals surface area contributed by atoms with Crippen LogP contribution >= 0.6 is 0 Å². The molecule has 0 radical (unpaired) electrons. The minimum Gasteiger partial charge on any atom is -0.381 e. The highest BCUT2D eigenvalue weighted by molar-refractivity contribution is 5.77. The molecule has 2 heterocycles. The molecule has 0 spiro atoms. The molecular weight excluding hydrogens is 254 g/mol. The van der Waals surface area contributed by atoms with E-state index < -0.39 is 0 Å². The number of nitrogen functional groups attached to an aromatic ring is 1. The van der Waals surface area contributed by atoms with Gasteiger partial charge in [-0.05, 0) is 26.2 Å². The van der Waals surface area contributed by atoms with E-state index in [9.17, 15) is 0 Å². The van der Waals surface area contributed by atoms with Crippen molar-refractivity contribution in [2.24, 2.45) is 5.92 Å². The van der Waals surface area contributed by atoms with Gasteiger partial charge in [0.05, 0.1) is 5.69 Å². The number of fused-ring (bicyclic) bond motifs is 1. The maximum absolute atomic E-state index is 6.02. The normalized spacial score (nSPS) is 11.8. The molecule has 6 heteroatoms. The second-order valence-corrected chi connectivity index (χ2v) is 5.52. The largest absolute Gasteiger partial charge is 0.381 e. The van der Waals surface area contributed by atoms with Crippen molar-refractivity contribution in [2.75, 3.05) is 18.9 Å². The van der Waals surface area contributed by atoms with Crippen molar-refractivity contribution >= 4 is 17.1 Å². The van der Waals surface area contributed by atoms with Gasteiger partial charge in [-0.3, -0.25) is 4.57 Å². The van der Waals surface area contributed by atoms with Gasteiger partial charge in [-0.25, -0.2) is 9.67 Å². The molecule has 6 nitrogen and oxygen atoms in total. The van der Waals surface area contributed by atoms with E-state index in [1.54, 1.807) is 0 Å². The van der Waals surface area contributed by atoms with Crippen molar-refractivity contribution in [3.8, 4) is 0 Å². The van der Waals surface area contributed by atoms with Crippen LogP contribution in [0, 0.1) is 12.8 Å². The average Bonchev–Trinajstić information content (AvgIpc) is 2.87. The third-order valence-electron chi connectivity index (χ3n) is 3.25. The summed E-state index contributed by atoms with van der Waals surface area (Å²) in [6.45, 7) is 11.5. The number of rotatable bonds is 7. The minimum absolute atomic E-state index is 0.562. The molecule has 2 aromatic rings. The smallest absolute Gasteiger partial charge is 0.202 e. The molecule has 0 aliphatic carbocycles. The predicted molar refractivity (Wildman–Crippen MR) is 80.6 cm³/mol. The second-order valence-electron chi connectivity index (χ2n) is 5.52. The van der Waals surface area contributed by atoms with Gasteiger partial charge in [0.2, 0.25) is 5.95 Å². The van der Waals surface area contributed by atoms with Crippen LogP contribution < -0.4 is 5.73 Å². The molecule has 0 aliphatic heterocycles. The van der Waals surface area contributed by atoms with Crippen LogP contribution in [0.4, 0.5) is 5.95 Å². The van der Waals surface area contributed by atoms with Crippen molar-refractivity contribution in [2.45, 2.75) is 47.2 Å². The van der Waals surface area contributed by atoms with E-state index in [1.807, 2.05) is 16.2 Å². The summed E-state index contributed by atoms with van der Waals surface area (Å²) >= 11 is 0. The summed E-state index contributed by atoms with van der Waals surface area (Å²) in [4.78, 5) is 4.42. The lowest BCUT2D eigenvalue weighted by molar-refractivity contribution is 0.105. The van der Waals surface area contributed by atoms with Gasteiger partial charge in [0.1, 0.15) is 5.52 Å². The standard InChI is InChI=1S/C14H25N5O/c1-5-19-13-12(11(4)17-19)16-14(15)18(13)7-6-8-20-9-10(2)3/h10H,5-9H2,1-4H3,(H2,15,16). The summed E-state index contributed by atoms with van der Waals surface area (Å²) in [7, 11) is 0. The number of nitrogens with two attached hydrogens (primary N) is 1. The van der Waals surface area contributed by atoms with E-state index in [2.05, 4.69) is 30.9 Å². The molecule has 0 fully saturated rings. The summed E-state index contributed by atoms with van der Waals surface area (Å²) in [5.74, 6) is 1.13. The third-order valence-corrected chi connectivity index (χ3v) is 3.25. The summed E-state index contributed by atoms with van der Waals surface area (Å²) in [5.41, 5.74) is 8.89. The van der Waals surface area contributed by atoms with Gasteiger partial charge in [-0.1, -0.05) is 13.8 Å². The molecule has 0 aromatic carbocycles. The van der Waals surface area contributed by atoms with Crippen molar-refractivity contribution < 1.29 is 4.74 Å². The van der Waals surface area contributed by atoms with E-state index in [1.165, 1.54) is 0 Å². The fourth-order valence-electron chi connectivity index (χ4n) is 2.33. The first-order valence-corrected chi connectivity index (χ1v) is 7.31. The van der Waals surface area contributed by atoms with Crippen LogP contribution in [0.25, 0.3) is 11.2 Å². The predicted octanol–water partition coefficient (Wildman–Crippen LogP) is 2.21. The van der Waals surface area contributed by atoms with Crippen molar-refractivity contribution in [1.29, 1.82) is 0 Å². The number of ether oxygens (including phenoxy) is 1. The topological polar surface area (TPSA) is 70.9 Å². The monoisotopic (exact) mass is 279 g/mol. The van der Waals surface area contributed by atoms with Crippen molar-refractivity contribution in [3.63, 3.8) is 0 Å². The van der Waals surface area contributed by atoms with Gasteiger partial charge < -0.3 is 10.5 Å². The molecule has 0 atom stereocenters. The number of aryl methyl sites for hydroxylation is 3. The first-order chi connectivity index (χ1) is 9.54. The molecule has 2 N–H and O–H groups in total. The number of anilines is 1. The summed E-state index contributed by atoms with van der Waals surface area (Å²) in [5, 5.41) is 4.48. The highest BCUT2D eigenvalue weighted by Crippen LogP contribution is 2.21. The molecule has 0 amide bonds. The van der Waals surface area contributed by atoms with Crippen LogP contribution in [-0.4, -0.2) is 32.5 Å². The van der Waals surface area contributed by atoms with Gasteiger partial charge >= 0.3 is 0 Å². The quantitative estimate of drug-likeness (QED) is 0.789. The number of imidazole rings is 1. The Balaban J connectivity index is 2.07. The van der Waals surface area contributed by atoms with Crippen LogP contribution in [0.3, 0.4) is 0 Å². The van der Waals surface area contributed by atoms with Crippen LogP contribution in [0.2, 0.25) is 0 Å². The molecule has 0 unspecified atom stereocenters. The van der Waals surface area contributed by atoms with Gasteiger partial charge in [-0.2, -0.15) is 5.10 Å². The van der Waals surface area contributed by atoms with Crippen molar-refractivity contribution in [3.05, 3.63) is 5.69 Å². The molecule has 112 valence electrons. The first kappa shape index (κ1) is 14.8. The Morgan fingerprint density at radius 3 is 2.75 bits per heavy atom. The fourth-order valence-corrected chi connectivity index (χ4v) is 2.33. The van der Waals surface area contributed by atoms with E-state index in [-0.39, 0.29) is 0 Å². The summed E-state index contributed by atoms with van der Waals surface area (Å²) < 4.78 is 9.61. The Hall–Kier alpha value is -1.56. The molecule has 0 saturated carbocycles. The van der Waals surface area contributed by atoms with Gasteiger partial charge in [0, 0.05) is 26.3 Å². The molecule has 2 rings (SSSR count). The van der Waals surface area contributed by atoms with Crippen LogP contribution in [-0.2, 0) is 17.8 Å². The van der Waals surface area contributed by atoms with Gasteiger partial charge in [0.15, 0.2) is 5.65 Å². The zero-order valence-corrected chi connectivity index (χ0v) is 12.9. The second kappa shape index (κ2) is 6.26. The summed E-state index contributed by atoms with van der Waals surface area (Å²) in [6.07, 6.45) is 0.927. The lowest BCUT2D eigenvalue weighted by atomic mass is 10.2. The molecule has 20 heavy (non-hydrogen) atoms. The number of hydrogen-bond donors (Lipinski definition) is 1. The van der Waals surface area contributed by atoms with Crippen LogP contribution in [0.5, 0.6) is 0 Å². The zero-order valence-electron chi connectivity index (χ0n) is 12.9. The lowest BCUT2D eigenvalue weighted by Gasteiger charge is -2.09. The lowest BCUT2D eigenvalue weighted by Crippen LogP contribution is -2.11. The maximum atomic E-state index is 6.02. The van der Waals surface area contributed by atoms with Crippen molar-refractivity contribution in [1.82, 2.24) is 19.3 Å². The Labute approximate surface area is 119 Å². The van der Waals surface area contributed by atoms with E-state index >= 15 is 0 Å². The molecular formula is C14H25N5O. The number of nitrogens with zero attached hydrogens (tertiary/aromatic N) is 4. The third kappa shape index (κ3) is 2.95. The van der Waals surface area contributed by atoms with Gasteiger partial charge in [-0.15, -0.1) is 0 Å². The Bertz CT molecular complexity index is 570. The molecule has 2 aromatic heterocycles. The average molecular weight is 279 g/mol.